The van der Waals surface area contributed by atoms with Crippen molar-refractivity contribution in [1.82, 2.24) is 0 Å². The van der Waals surface area contributed by atoms with Gasteiger partial charge in [0, 0.05) is 22.7 Å². The standard InChI is InChI=1S/C25H35BrO4/c1-16-9-10-19-18(13-16)22-20(27)14-17(15-21(22)30-24(19,2)3)25(4,23(28)29)11-7-5-6-8-12-26/h9,14-15,18-19,27H,5-8,10-13H2,1-4H3,(H,28,29)/t18-,19+,25?/m1/s1. The van der Waals surface area contributed by atoms with E-state index in [1.54, 1.807) is 13.0 Å². The number of allylic oxidation sites excluding steroid dienone is 2. The number of phenols is 1. The Morgan fingerprint density at radius 2 is 1.97 bits per heavy atom. The second-order valence-electron chi connectivity index (χ2n) is 9.81. The molecule has 5 heteroatoms. The molecule has 0 bridgehead atoms. The van der Waals surface area contributed by atoms with Gasteiger partial charge in [-0.2, -0.15) is 0 Å². The third kappa shape index (κ3) is 4.42. The molecule has 1 aliphatic carbocycles. The summed E-state index contributed by atoms with van der Waals surface area (Å²) < 4.78 is 6.39. The third-order valence-corrected chi connectivity index (χ3v) is 7.74. The van der Waals surface area contributed by atoms with E-state index in [0.29, 0.717) is 23.7 Å². The van der Waals surface area contributed by atoms with Crippen LogP contribution in [0.1, 0.15) is 89.7 Å². The summed E-state index contributed by atoms with van der Waals surface area (Å²) in [5.74, 6) is 0.466. The number of carbonyl (C=O) groups is 1. The van der Waals surface area contributed by atoms with Gasteiger partial charge in [0.25, 0.3) is 0 Å². The minimum Gasteiger partial charge on any atom is -0.508 e. The summed E-state index contributed by atoms with van der Waals surface area (Å²) >= 11 is 3.44. The van der Waals surface area contributed by atoms with Crippen LogP contribution in [0.3, 0.4) is 0 Å². The van der Waals surface area contributed by atoms with E-state index in [1.165, 1.54) is 5.57 Å². The lowest BCUT2D eigenvalue weighted by Crippen LogP contribution is -2.45. The molecule has 0 saturated carbocycles. The fourth-order valence-corrected chi connectivity index (χ4v) is 5.58. The van der Waals surface area contributed by atoms with E-state index in [4.69, 9.17) is 4.74 Å². The molecule has 0 amide bonds. The number of carboxylic acids is 1. The average molecular weight is 479 g/mol. The summed E-state index contributed by atoms with van der Waals surface area (Å²) in [6.45, 7) is 8.12. The number of carboxylic acid groups (broad SMARTS) is 1. The van der Waals surface area contributed by atoms with E-state index in [0.717, 1.165) is 49.4 Å². The quantitative estimate of drug-likeness (QED) is 0.248. The number of ether oxygens (including phenoxy) is 1. The van der Waals surface area contributed by atoms with Gasteiger partial charge >= 0.3 is 5.97 Å². The van der Waals surface area contributed by atoms with Crippen LogP contribution in [0.4, 0.5) is 0 Å². The predicted molar refractivity (Wildman–Crippen MR) is 124 cm³/mol. The first-order chi connectivity index (χ1) is 14.1. The Hall–Kier alpha value is -1.49. The van der Waals surface area contributed by atoms with Crippen molar-refractivity contribution in [2.45, 2.75) is 89.6 Å². The lowest BCUT2D eigenvalue weighted by atomic mass is 9.66. The molecule has 1 unspecified atom stereocenters. The van der Waals surface area contributed by atoms with Crippen molar-refractivity contribution in [1.29, 1.82) is 0 Å². The van der Waals surface area contributed by atoms with E-state index in [1.807, 2.05) is 6.07 Å². The molecule has 0 radical (unpaired) electrons. The fraction of sp³-hybridized carbons (Fsp3) is 0.640. The average Bonchev–Trinajstić information content (AvgIpc) is 2.66. The maximum absolute atomic E-state index is 12.3. The minimum atomic E-state index is -1.05. The number of halogens is 1. The molecule has 0 fully saturated rings. The molecule has 1 aromatic rings. The molecule has 3 rings (SSSR count). The van der Waals surface area contributed by atoms with Crippen molar-refractivity contribution in [3.05, 3.63) is 34.9 Å². The lowest BCUT2D eigenvalue weighted by molar-refractivity contribution is -0.143. The van der Waals surface area contributed by atoms with Gasteiger partial charge in [0.15, 0.2) is 0 Å². The zero-order chi connectivity index (χ0) is 22.1. The van der Waals surface area contributed by atoms with Crippen LogP contribution >= 0.6 is 15.9 Å². The molecular weight excluding hydrogens is 444 g/mol. The number of hydrogen-bond donors (Lipinski definition) is 2. The molecule has 1 aromatic carbocycles. The number of alkyl halides is 1. The smallest absolute Gasteiger partial charge is 0.313 e. The monoisotopic (exact) mass is 478 g/mol. The molecule has 2 aliphatic rings. The number of hydrogen-bond acceptors (Lipinski definition) is 3. The van der Waals surface area contributed by atoms with Crippen LogP contribution in [0.5, 0.6) is 11.5 Å². The van der Waals surface area contributed by atoms with Gasteiger partial charge < -0.3 is 14.9 Å². The molecule has 166 valence electrons. The molecule has 2 N–H and O–H groups in total. The first-order valence-corrected chi connectivity index (χ1v) is 12.2. The predicted octanol–water partition coefficient (Wildman–Crippen LogP) is 6.69. The van der Waals surface area contributed by atoms with Gasteiger partial charge in [0.05, 0.1) is 5.41 Å². The molecular formula is C25H35BrO4. The van der Waals surface area contributed by atoms with Crippen LogP contribution in [0, 0.1) is 5.92 Å². The highest BCUT2D eigenvalue weighted by Gasteiger charge is 2.46. The Morgan fingerprint density at radius 3 is 2.63 bits per heavy atom. The maximum Gasteiger partial charge on any atom is 0.313 e. The fourth-order valence-electron chi connectivity index (χ4n) is 5.18. The second kappa shape index (κ2) is 8.94. The van der Waals surface area contributed by atoms with Crippen molar-refractivity contribution in [2.24, 2.45) is 5.92 Å². The summed E-state index contributed by atoms with van der Waals surface area (Å²) in [5, 5.41) is 22.1. The first kappa shape index (κ1) is 23.2. The van der Waals surface area contributed by atoms with Gasteiger partial charge in [-0.1, -0.05) is 46.8 Å². The van der Waals surface area contributed by atoms with Gasteiger partial charge in [-0.3, -0.25) is 4.79 Å². The Morgan fingerprint density at radius 1 is 1.27 bits per heavy atom. The Balaban J connectivity index is 1.95. The summed E-state index contributed by atoms with van der Waals surface area (Å²) in [5.41, 5.74) is 1.40. The molecule has 4 nitrogen and oxygen atoms in total. The number of aliphatic carboxylic acids is 1. The zero-order valence-electron chi connectivity index (χ0n) is 18.6. The minimum absolute atomic E-state index is 0.175. The SMILES string of the molecule is CC1=CC[C@H]2[C@@H](C1)c1c(O)cc(C(C)(CCCCCCBr)C(=O)O)cc1OC2(C)C. The highest BCUT2D eigenvalue weighted by atomic mass is 79.9. The van der Waals surface area contributed by atoms with E-state index >= 15 is 0 Å². The lowest BCUT2D eigenvalue weighted by Gasteiger charge is -2.47. The van der Waals surface area contributed by atoms with Gasteiger partial charge in [0.1, 0.15) is 17.1 Å². The van der Waals surface area contributed by atoms with E-state index in [2.05, 4.69) is 42.8 Å². The normalized spacial score (nSPS) is 24.1. The van der Waals surface area contributed by atoms with Crippen LogP contribution < -0.4 is 4.74 Å². The van der Waals surface area contributed by atoms with E-state index in [-0.39, 0.29) is 17.3 Å². The summed E-state index contributed by atoms with van der Waals surface area (Å²) in [6, 6.07) is 3.56. The largest absolute Gasteiger partial charge is 0.508 e. The summed E-state index contributed by atoms with van der Waals surface area (Å²) in [4.78, 5) is 12.3. The molecule has 1 heterocycles. The van der Waals surface area contributed by atoms with Gasteiger partial charge in [-0.05, 0) is 71.1 Å². The topological polar surface area (TPSA) is 66.8 Å². The third-order valence-electron chi connectivity index (χ3n) is 7.17. The molecule has 3 atom stereocenters. The van der Waals surface area contributed by atoms with Gasteiger partial charge in [0.2, 0.25) is 0 Å². The van der Waals surface area contributed by atoms with Crippen molar-refractivity contribution in [2.75, 3.05) is 5.33 Å². The molecule has 0 spiro atoms. The first-order valence-electron chi connectivity index (χ1n) is 11.1. The second-order valence-corrected chi connectivity index (χ2v) is 10.6. The van der Waals surface area contributed by atoms with E-state index in [9.17, 15) is 15.0 Å². The van der Waals surface area contributed by atoms with Crippen LogP contribution in [0.15, 0.2) is 23.8 Å². The number of aromatic hydroxyl groups is 1. The summed E-state index contributed by atoms with van der Waals surface area (Å²) in [6.07, 6.45) is 8.69. The Bertz CT molecular complexity index is 829. The molecule has 0 saturated heterocycles. The molecule has 30 heavy (non-hydrogen) atoms. The molecule has 0 aromatic heterocycles. The molecule has 1 aliphatic heterocycles. The van der Waals surface area contributed by atoms with Crippen LogP contribution in [0.25, 0.3) is 0 Å². The van der Waals surface area contributed by atoms with Crippen LogP contribution in [-0.2, 0) is 10.2 Å². The van der Waals surface area contributed by atoms with Crippen LogP contribution in [0.2, 0.25) is 0 Å². The Kier molecular flexibility index (Phi) is 6.91. The van der Waals surface area contributed by atoms with Crippen molar-refractivity contribution in [3.8, 4) is 11.5 Å². The zero-order valence-corrected chi connectivity index (χ0v) is 20.2. The number of benzene rings is 1. The van der Waals surface area contributed by atoms with Crippen molar-refractivity contribution >= 4 is 21.9 Å². The van der Waals surface area contributed by atoms with Gasteiger partial charge in [-0.15, -0.1) is 0 Å². The number of phenolic OH excluding ortho intramolecular Hbond substituents is 1. The van der Waals surface area contributed by atoms with Crippen molar-refractivity contribution in [3.63, 3.8) is 0 Å². The van der Waals surface area contributed by atoms with Crippen LogP contribution in [-0.4, -0.2) is 27.1 Å². The number of unbranched alkanes of at least 4 members (excludes halogenated alkanes) is 3. The highest BCUT2D eigenvalue weighted by Crippen LogP contribution is 2.55. The maximum atomic E-state index is 12.3. The highest BCUT2D eigenvalue weighted by molar-refractivity contribution is 9.09. The number of rotatable bonds is 8. The van der Waals surface area contributed by atoms with E-state index < -0.39 is 11.4 Å². The summed E-state index contributed by atoms with van der Waals surface area (Å²) in [7, 11) is 0. The van der Waals surface area contributed by atoms with Gasteiger partial charge in [-0.25, -0.2) is 0 Å². The Labute approximate surface area is 188 Å². The van der Waals surface area contributed by atoms with Crippen molar-refractivity contribution < 1.29 is 19.7 Å². The number of fused-ring (bicyclic) bond motifs is 3.